The zero-order valence-electron chi connectivity index (χ0n) is 9.19. The van der Waals surface area contributed by atoms with E-state index in [0.717, 1.165) is 17.4 Å². The van der Waals surface area contributed by atoms with Crippen LogP contribution in [0, 0.1) is 21.7 Å². The van der Waals surface area contributed by atoms with Gasteiger partial charge in [0, 0.05) is 6.07 Å². The molecular weight excluding hydrogens is 300 g/mol. The lowest BCUT2D eigenvalue weighted by Crippen LogP contribution is -2.06. The topological polar surface area (TPSA) is 68.1 Å². The molecule has 1 N–H and O–H groups in total. The highest BCUT2D eigenvalue weighted by molar-refractivity contribution is 7.15. The Balaban J connectivity index is 2.28. The lowest BCUT2D eigenvalue weighted by atomic mass is 10.2. The van der Waals surface area contributed by atoms with Gasteiger partial charge in [0.25, 0.3) is 5.69 Å². The third-order valence-corrected chi connectivity index (χ3v) is 3.33. The summed E-state index contributed by atoms with van der Waals surface area (Å²) in [5.74, 6) is -2.46. The Bertz CT molecular complexity index is 635. The van der Waals surface area contributed by atoms with Gasteiger partial charge >= 0.3 is 0 Å². The Kier molecular flexibility index (Phi) is 3.91. The number of hydrogen-bond acceptors (Lipinski definition) is 5. The SMILES string of the molecule is O=[N+]([O-])c1ccc(F)c(F)c1NCc1ncc(Cl)s1. The van der Waals surface area contributed by atoms with Crippen molar-refractivity contribution in [3.8, 4) is 0 Å². The molecule has 1 aromatic carbocycles. The predicted molar refractivity (Wildman–Crippen MR) is 67.5 cm³/mol. The molecule has 100 valence electrons. The fraction of sp³-hybridized carbons (Fsp3) is 0.100. The summed E-state index contributed by atoms with van der Waals surface area (Å²) in [7, 11) is 0. The molecule has 9 heteroatoms. The molecule has 0 aliphatic heterocycles. The minimum atomic E-state index is -1.29. The van der Waals surface area contributed by atoms with Crippen molar-refractivity contribution in [3.63, 3.8) is 0 Å². The van der Waals surface area contributed by atoms with Crippen LogP contribution in [0.4, 0.5) is 20.2 Å². The summed E-state index contributed by atoms with van der Waals surface area (Å²) < 4.78 is 27.1. The highest BCUT2D eigenvalue weighted by Crippen LogP contribution is 2.30. The molecule has 0 atom stereocenters. The molecule has 0 saturated carbocycles. The largest absolute Gasteiger partial charge is 0.370 e. The summed E-state index contributed by atoms with van der Waals surface area (Å²) in [6.45, 7) is 0.0125. The van der Waals surface area contributed by atoms with E-state index in [0.29, 0.717) is 15.4 Å². The van der Waals surface area contributed by atoms with Crippen molar-refractivity contribution in [3.05, 3.63) is 49.4 Å². The first-order chi connectivity index (χ1) is 8.99. The fourth-order valence-corrected chi connectivity index (χ4v) is 2.29. The van der Waals surface area contributed by atoms with Gasteiger partial charge in [-0.1, -0.05) is 11.6 Å². The number of aromatic nitrogens is 1. The van der Waals surface area contributed by atoms with Crippen LogP contribution in [0.2, 0.25) is 4.34 Å². The molecule has 2 aromatic rings. The summed E-state index contributed by atoms with van der Waals surface area (Å²) in [6.07, 6.45) is 1.40. The summed E-state index contributed by atoms with van der Waals surface area (Å²) in [5.41, 5.74) is -1.04. The van der Waals surface area contributed by atoms with E-state index in [1.807, 2.05) is 0 Å². The Morgan fingerprint density at radius 1 is 1.47 bits per heavy atom. The number of rotatable bonds is 4. The normalized spacial score (nSPS) is 10.5. The van der Waals surface area contributed by atoms with Crippen molar-refractivity contribution in [2.24, 2.45) is 0 Å². The third-order valence-electron chi connectivity index (χ3n) is 2.21. The van der Waals surface area contributed by atoms with Gasteiger partial charge in [-0.15, -0.1) is 11.3 Å². The van der Waals surface area contributed by atoms with Crippen molar-refractivity contribution >= 4 is 34.3 Å². The van der Waals surface area contributed by atoms with Crippen LogP contribution in [0.15, 0.2) is 18.3 Å². The zero-order valence-corrected chi connectivity index (χ0v) is 10.8. The highest BCUT2D eigenvalue weighted by atomic mass is 35.5. The van der Waals surface area contributed by atoms with Crippen LogP contribution < -0.4 is 5.32 Å². The lowest BCUT2D eigenvalue weighted by molar-refractivity contribution is -0.384. The quantitative estimate of drug-likeness (QED) is 0.692. The molecule has 0 fully saturated rings. The number of benzene rings is 1. The van der Waals surface area contributed by atoms with Crippen LogP contribution >= 0.6 is 22.9 Å². The van der Waals surface area contributed by atoms with Crippen LogP contribution in [-0.2, 0) is 6.54 Å². The number of nitrogens with one attached hydrogen (secondary N) is 1. The molecule has 0 aliphatic carbocycles. The molecule has 0 spiro atoms. The molecule has 0 aliphatic rings. The van der Waals surface area contributed by atoms with Crippen LogP contribution in [0.5, 0.6) is 0 Å². The number of halogens is 3. The van der Waals surface area contributed by atoms with Crippen molar-refractivity contribution in [1.82, 2.24) is 4.98 Å². The molecule has 0 radical (unpaired) electrons. The van der Waals surface area contributed by atoms with Gasteiger partial charge in [-0.3, -0.25) is 10.1 Å². The summed E-state index contributed by atoms with van der Waals surface area (Å²) in [6, 6.07) is 1.61. The molecule has 0 unspecified atom stereocenters. The molecule has 0 amide bonds. The minimum absolute atomic E-state index is 0.0125. The smallest absolute Gasteiger partial charge is 0.295 e. The fourth-order valence-electron chi connectivity index (χ4n) is 1.39. The molecule has 0 bridgehead atoms. The van der Waals surface area contributed by atoms with E-state index in [1.54, 1.807) is 0 Å². The average molecular weight is 306 g/mol. The van der Waals surface area contributed by atoms with E-state index < -0.39 is 27.9 Å². The Morgan fingerprint density at radius 3 is 2.79 bits per heavy atom. The van der Waals surface area contributed by atoms with Gasteiger partial charge in [0.2, 0.25) is 0 Å². The molecular formula is C10H6ClF2N3O2S. The maximum absolute atomic E-state index is 13.5. The first kappa shape index (κ1) is 13.6. The van der Waals surface area contributed by atoms with Crippen LogP contribution in [0.1, 0.15) is 5.01 Å². The molecule has 1 heterocycles. The van der Waals surface area contributed by atoms with Crippen LogP contribution in [-0.4, -0.2) is 9.91 Å². The van der Waals surface area contributed by atoms with Crippen molar-refractivity contribution in [2.75, 3.05) is 5.32 Å². The van der Waals surface area contributed by atoms with Gasteiger partial charge in [0.15, 0.2) is 17.3 Å². The van der Waals surface area contributed by atoms with Gasteiger partial charge in [0.05, 0.1) is 17.7 Å². The monoisotopic (exact) mass is 305 g/mol. The average Bonchev–Trinajstić information content (AvgIpc) is 2.76. The van der Waals surface area contributed by atoms with Crippen LogP contribution in [0.3, 0.4) is 0 Å². The molecule has 1 aromatic heterocycles. The van der Waals surface area contributed by atoms with Crippen molar-refractivity contribution in [2.45, 2.75) is 6.54 Å². The summed E-state index contributed by atoms with van der Waals surface area (Å²) >= 11 is 6.80. The zero-order chi connectivity index (χ0) is 14.0. The molecule has 19 heavy (non-hydrogen) atoms. The van der Waals surface area contributed by atoms with Crippen molar-refractivity contribution < 1.29 is 13.7 Å². The Morgan fingerprint density at radius 2 is 2.21 bits per heavy atom. The molecule has 0 saturated heterocycles. The number of hydrogen-bond donors (Lipinski definition) is 1. The van der Waals surface area contributed by atoms with E-state index in [1.165, 1.54) is 6.20 Å². The maximum atomic E-state index is 13.5. The van der Waals surface area contributed by atoms with E-state index in [2.05, 4.69) is 10.3 Å². The van der Waals surface area contributed by atoms with E-state index in [4.69, 9.17) is 11.6 Å². The van der Waals surface area contributed by atoms with E-state index in [9.17, 15) is 18.9 Å². The van der Waals surface area contributed by atoms with Gasteiger partial charge in [-0.25, -0.2) is 13.8 Å². The number of nitrogens with zero attached hydrogens (tertiary/aromatic N) is 2. The van der Waals surface area contributed by atoms with E-state index in [-0.39, 0.29) is 6.54 Å². The predicted octanol–water partition coefficient (Wildman–Crippen LogP) is 3.59. The summed E-state index contributed by atoms with van der Waals surface area (Å²) in [5, 5.41) is 13.7. The van der Waals surface area contributed by atoms with Gasteiger partial charge in [-0.2, -0.15) is 0 Å². The number of nitro benzene ring substituents is 1. The van der Waals surface area contributed by atoms with Crippen molar-refractivity contribution in [1.29, 1.82) is 0 Å². The minimum Gasteiger partial charge on any atom is -0.370 e. The first-order valence-corrected chi connectivity index (χ1v) is 6.15. The second kappa shape index (κ2) is 5.45. The van der Waals surface area contributed by atoms with Gasteiger partial charge < -0.3 is 5.32 Å². The number of anilines is 1. The number of nitro groups is 1. The third kappa shape index (κ3) is 2.96. The van der Waals surface area contributed by atoms with Crippen LogP contribution in [0.25, 0.3) is 0 Å². The Labute approximate surface area is 115 Å². The molecule has 5 nitrogen and oxygen atoms in total. The van der Waals surface area contributed by atoms with Gasteiger partial charge in [-0.05, 0) is 6.07 Å². The first-order valence-electron chi connectivity index (χ1n) is 4.95. The Hall–Kier alpha value is -1.80. The summed E-state index contributed by atoms with van der Waals surface area (Å²) in [4.78, 5) is 13.8. The highest BCUT2D eigenvalue weighted by Gasteiger charge is 2.21. The standard InChI is InChI=1S/C10H6ClF2N3O2S/c11-7-3-14-8(19-7)4-15-10-6(16(17)18)2-1-5(12)9(10)13/h1-3,15H,4H2. The van der Waals surface area contributed by atoms with E-state index >= 15 is 0 Å². The number of thiazole rings is 1. The maximum Gasteiger partial charge on any atom is 0.295 e. The second-order valence-corrected chi connectivity index (χ2v) is 5.17. The lowest BCUT2D eigenvalue weighted by Gasteiger charge is -2.07. The van der Waals surface area contributed by atoms with Gasteiger partial charge in [0.1, 0.15) is 9.34 Å². The second-order valence-electron chi connectivity index (χ2n) is 3.42. The molecule has 2 rings (SSSR count).